The van der Waals surface area contributed by atoms with Crippen molar-refractivity contribution in [3.05, 3.63) is 35.2 Å². The second-order valence-electron chi connectivity index (χ2n) is 3.75. The minimum Gasteiger partial charge on any atom is -0.632 e. The maximum atomic E-state index is 11.3. The molecule has 1 aromatic carbocycles. The number of aryl methyl sites for hydroxylation is 2. The molecule has 0 unspecified atom stereocenters. The fraction of sp³-hybridized carbons (Fsp3) is 0.385. The second kappa shape index (κ2) is 12.3. The van der Waals surface area contributed by atoms with E-state index in [4.69, 9.17) is 9.47 Å². The molecule has 0 atom stereocenters. The minimum atomic E-state index is -0.544. The van der Waals surface area contributed by atoms with Gasteiger partial charge in [0.1, 0.15) is 11.5 Å². The molecule has 0 saturated carbocycles. The summed E-state index contributed by atoms with van der Waals surface area (Å²) >= 11 is 0. The smallest absolute Gasteiger partial charge is 0.632 e. The Kier molecular flexibility index (Phi) is 14.4. The van der Waals surface area contributed by atoms with Crippen LogP contribution in [0.3, 0.4) is 0 Å². The number of carbonyl (C=O) groups is 1. The van der Waals surface area contributed by atoms with Gasteiger partial charge in [0.2, 0.25) is 0 Å². The van der Waals surface area contributed by atoms with Gasteiger partial charge in [-0.1, -0.05) is 0 Å². The van der Waals surface area contributed by atoms with Gasteiger partial charge in [-0.3, -0.25) is 4.79 Å². The van der Waals surface area contributed by atoms with Gasteiger partial charge in [-0.05, 0) is 37.1 Å². The van der Waals surface area contributed by atoms with Crippen molar-refractivity contribution in [2.45, 2.75) is 13.8 Å². The van der Waals surface area contributed by atoms with Crippen LogP contribution in [0.1, 0.15) is 11.1 Å². The third-order valence-electron chi connectivity index (χ3n) is 2.25. The van der Waals surface area contributed by atoms with Crippen molar-refractivity contribution in [2.24, 2.45) is 0 Å². The van der Waals surface area contributed by atoms with E-state index >= 15 is 0 Å². The van der Waals surface area contributed by atoms with E-state index in [0.29, 0.717) is 12.5 Å². The number of hydrogen-bond acceptors (Lipinski definition) is 4. The van der Waals surface area contributed by atoms with Crippen LogP contribution in [0.4, 0.5) is 0 Å². The van der Waals surface area contributed by atoms with Crippen LogP contribution in [0, 0.1) is 20.5 Å². The first-order chi connectivity index (χ1) is 8.58. The van der Waals surface area contributed by atoms with Crippen LogP contribution < -0.4 is 9.47 Å². The number of ether oxygens (including phenoxy) is 3. The van der Waals surface area contributed by atoms with Gasteiger partial charge in [0.25, 0.3) is 0 Å². The van der Waals surface area contributed by atoms with Gasteiger partial charge in [-0.2, -0.15) is 13.7 Å². The Labute approximate surface area is 146 Å². The number of carbonyl (C=O) groups excluding carboxylic acids is 1. The predicted molar refractivity (Wildman–Crippen MR) is 67.6 cm³/mol. The van der Waals surface area contributed by atoms with Crippen molar-refractivity contribution >= 4 is 5.97 Å². The first-order valence-corrected chi connectivity index (χ1v) is 5.46. The molecule has 2 radical (unpaired) electrons. The molecule has 5 nitrogen and oxygen atoms in total. The molecule has 0 aliphatic heterocycles. The van der Waals surface area contributed by atoms with Crippen molar-refractivity contribution in [1.82, 2.24) is 0 Å². The minimum absolute atomic E-state index is 0. The Hall–Kier alpha value is -1.43. The molecule has 21 heavy (non-hydrogen) atoms. The molecule has 0 amide bonds. The molecule has 0 spiro atoms. The molecule has 0 aliphatic rings. The molecule has 1 rings (SSSR count). The summed E-state index contributed by atoms with van der Waals surface area (Å²) in [6.45, 7) is 5.03. The molecule has 0 aromatic heterocycles. The standard InChI is InChI=1S/C13H17NO4.Re.Rf.Ru/c1-9-6-12(18-13(15)7-16-4)10(2)5-11(9)17-8-14-3;;;/h5-7H,8H2,1-4H3;;;/q-2;;;+1. The van der Waals surface area contributed by atoms with E-state index < -0.39 is 5.97 Å². The zero-order valence-electron chi connectivity index (χ0n) is 12.5. The summed E-state index contributed by atoms with van der Waals surface area (Å²) in [5.74, 6) is 0.678. The molecule has 0 fully saturated rings. The van der Waals surface area contributed by atoms with Crippen LogP contribution in [0.25, 0.3) is 5.32 Å². The van der Waals surface area contributed by atoms with E-state index in [2.05, 4.69) is 10.1 Å². The number of nitrogens with zero attached hydrogens (tertiary/aromatic N) is 1. The third kappa shape index (κ3) is 7.80. The van der Waals surface area contributed by atoms with Gasteiger partial charge in [-0.25, -0.2) is 0 Å². The largest absolute Gasteiger partial charge is 1.00 e. The fourth-order valence-electron chi connectivity index (χ4n) is 1.39. The second-order valence-corrected chi connectivity index (χ2v) is 3.75. The molecule has 0 N–H and O–H groups in total. The maximum absolute atomic E-state index is 11.3. The molecular formula is C13H17NO4ReRfRu-. The van der Waals surface area contributed by atoms with Crippen molar-refractivity contribution in [1.29, 1.82) is 0 Å². The Morgan fingerprint density at radius 3 is 2.29 bits per heavy atom. The maximum Gasteiger partial charge on any atom is 1.00 e. The summed E-state index contributed by atoms with van der Waals surface area (Å²) in [6.07, 6.45) is 0. The van der Waals surface area contributed by atoms with Crippen molar-refractivity contribution in [2.75, 3.05) is 20.9 Å². The molecule has 0 heterocycles. The number of esters is 1. The molecule has 8 heteroatoms. The Morgan fingerprint density at radius 2 is 1.76 bits per heavy atom. The van der Waals surface area contributed by atoms with E-state index in [-0.39, 0.29) is 39.9 Å². The van der Waals surface area contributed by atoms with E-state index in [9.17, 15) is 4.79 Å². The summed E-state index contributed by atoms with van der Waals surface area (Å²) in [6, 6.07) is 3.57. The quantitative estimate of drug-likeness (QED) is 0.192. The van der Waals surface area contributed by atoms with Gasteiger partial charge in [0, 0.05) is 34.3 Å². The molecule has 0 aliphatic carbocycles. The van der Waals surface area contributed by atoms with E-state index in [1.165, 1.54) is 7.11 Å². The molecule has 0 saturated heterocycles. The van der Waals surface area contributed by atoms with Crippen LogP contribution in [0.5, 0.6) is 11.5 Å². The average molecular weight is 806 g/mol. The first-order valence-electron chi connectivity index (χ1n) is 5.46. The molecule has 1 aromatic rings. The number of hydrogen-bond donors (Lipinski definition) is 0. The SMILES string of the molecule is C[N-]COc1cc(C)c(OC(=O)[CH-]OC)cc1C.[Re].[Rf].[Ru+]. The molecule has 0 bridgehead atoms. The first kappa shape index (κ1) is 24.6. The Bertz CT molecular complexity index is 435. The van der Waals surface area contributed by atoms with Crippen molar-refractivity contribution < 1.29 is 58.9 Å². The zero-order chi connectivity index (χ0) is 13.5. The van der Waals surface area contributed by atoms with Gasteiger partial charge in [-0.15, -0.1) is 0 Å². The van der Waals surface area contributed by atoms with Gasteiger partial charge in [0.15, 0.2) is 5.97 Å². The van der Waals surface area contributed by atoms with Gasteiger partial charge in [0.05, 0.1) is 0 Å². The number of rotatable bonds is 6. The van der Waals surface area contributed by atoms with Gasteiger partial charge < -0.3 is 19.5 Å². The normalized spacial score (nSPS) is 8.57. The summed E-state index contributed by atoms with van der Waals surface area (Å²) in [7, 11) is 3.07. The summed E-state index contributed by atoms with van der Waals surface area (Å²) < 4.78 is 15.1. The van der Waals surface area contributed by atoms with Crippen molar-refractivity contribution in [3.8, 4) is 11.5 Å². The summed E-state index contributed by atoms with van der Waals surface area (Å²) in [5, 5.41) is 3.87. The molecule has 116 valence electrons. The summed E-state index contributed by atoms with van der Waals surface area (Å²) in [5.41, 5.74) is 1.69. The third-order valence-corrected chi connectivity index (χ3v) is 2.25. The van der Waals surface area contributed by atoms with E-state index in [1.807, 2.05) is 19.9 Å². The van der Waals surface area contributed by atoms with Crippen LogP contribution >= 0.6 is 0 Å². The summed E-state index contributed by atoms with van der Waals surface area (Å²) in [4.78, 5) is 11.3. The topological polar surface area (TPSA) is 58.9 Å². The number of methoxy groups -OCH3 is 1. The van der Waals surface area contributed by atoms with E-state index in [1.54, 1.807) is 13.1 Å². The average Bonchev–Trinajstić information content (AvgIpc) is 2.32. The fourth-order valence-corrected chi connectivity index (χ4v) is 1.39. The zero-order valence-corrected chi connectivity index (χ0v) is 23.3. The molecular weight excluding hydrogens is 788 g/mol. The van der Waals surface area contributed by atoms with Crippen LogP contribution in [-0.4, -0.2) is 26.9 Å². The van der Waals surface area contributed by atoms with Crippen LogP contribution in [0.2, 0.25) is 0 Å². The van der Waals surface area contributed by atoms with Gasteiger partial charge >= 0.3 is 19.5 Å². The van der Waals surface area contributed by atoms with Crippen LogP contribution in [0.15, 0.2) is 12.1 Å². The predicted octanol–water partition coefficient (Wildman–Crippen LogP) is 2.35. The Balaban J connectivity index is -0.00000108. The van der Waals surface area contributed by atoms with Crippen LogP contribution in [-0.2, 0) is 49.4 Å². The monoisotopic (exact) mass is 807 g/mol. The van der Waals surface area contributed by atoms with Crippen molar-refractivity contribution in [3.63, 3.8) is 0 Å². The van der Waals surface area contributed by atoms with E-state index in [0.717, 1.165) is 23.5 Å². The number of benzene rings is 1. The Morgan fingerprint density at radius 1 is 1.24 bits per heavy atom.